The second kappa shape index (κ2) is 10.1. The number of hydrogen-bond donors (Lipinski definition) is 1. The van der Waals surface area contributed by atoms with E-state index >= 15 is 0 Å². The minimum absolute atomic E-state index is 0.0151. The van der Waals surface area contributed by atoms with E-state index in [2.05, 4.69) is 38.9 Å². The fourth-order valence-electron chi connectivity index (χ4n) is 5.41. The molecule has 0 unspecified atom stereocenters. The van der Waals surface area contributed by atoms with Gasteiger partial charge in [0, 0.05) is 38.1 Å². The number of anilines is 2. The summed E-state index contributed by atoms with van der Waals surface area (Å²) < 4.78 is 40.0. The lowest BCUT2D eigenvalue weighted by atomic mass is 9.92. The molecule has 0 amide bonds. The van der Waals surface area contributed by atoms with Crippen LogP contribution in [0.15, 0.2) is 47.1 Å². The van der Waals surface area contributed by atoms with Crippen molar-refractivity contribution in [3.8, 4) is 5.75 Å². The highest BCUT2D eigenvalue weighted by atomic mass is 19.1. The van der Waals surface area contributed by atoms with Gasteiger partial charge in [0.05, 0.1) is 18.5 Å². The molecule has 6 rings (SSSR count). The zero-order valence-electron chi connectivity index (χ0n) is 21.0. The zero-order valence-corrected chi connectivity index (χ0v) is 21.0. The van der Waals surface area contributed by atoms with E-state index in [4.69, 9.17) is 14.9 Å². The Bertz CT molecular complexity index is 1370. The van der Waals surface area contributed by atoms with Crippen LogP contribution in [0.25, 0.3) is 11.1 Å². The maximum atomic E-state index is 14.3. The van der Waals surface area contributed by atoms with Crippen LogP contribution in [0.1, 0.15) is 31.2 Å². The van der Waals surface area contributed by atoms with Crippen LogP contribution in [0, 0.1) is 29.7 Å². The second-order valence-corrected chi connectivity index (χ2v) is 10.0. The smallest absolute Gasteiger partial charge is 0.299 e. The van der Waals surface area contributed by atoms with Crippen LogP contribution in [0.5, 0.6) is 5.75 Å². The minimum Gasteiger partial charge on any atom is -0.487 e. The van der Waals surface area contributed by atoms with Crippen LogP contribution in [0.2, 0.25) is 0 Å². The molecule has 4 heterocycles. The van der Waals surface area contributed by atoms with E-state index in [-0.39, 0.29) is 23.6 Å². The summed E-state index contributed by atoms with van der Waals surface area (Å²) in [6, 6.07) is 13.2. The standard InChI is InChI=1S/C28H28F2N6O2/c1-17(18-8-10-35(11-9-18)28-34-25-4-2-3-5-26(25)38-28)37-20-13-32-27(33-14-20)36-15-22(24(31)16-36)21-12-19(29)6-7-23(21)30/h3,5-7,12-14,17-18,22,24H,8-11,15-16,31H2,1H3/t17-,22+,24-/m0/s1. The highest BCUT2D eigenvalue weighted by molar-refractivity contribution is 5.72. The maximum Gasteiger partial charge on any atom is 0.299 e. The first-order valence-electron chi connectivity index (χ1n) is 12.8. The van der Waals surface area contributed by atoms with E-state index in [9.17, 15) is 8.78 Å². The average molecular weight is 519 g/mol. The van der Waals surface area contributed by atoms with Crippen LogP contribution >= 0.6 is 0 Å². The largest absolute Gasteiger partial charge is 0.487 e. The van der Waals surface area contributed by atoms with Crippen molar-refractivity contribution in [3.63, 3.8) is 0 Å². The van der Waals surface area contributed by atoms with E-state index in [0.29, 0.717) is 47.8 Å². The Hall–Kier alpha value is -3.97. The third kappa shape index (κ3) is 4.82. The summed E-state index contributed by atoms with van der Waals surface area (Å²) >= 11 is 0. The third-order valence-electron chi connectivity index (χ3n) is 7.57. The molecule has 2 aromatic heterocycles. The second-order valence-electron chi connectivity index (χ2n) is 10.0. The van der Waals surface area contributed by atoms with Crippen molar-refractivity contribution in [1.29, 1.82) is 0 Å². The maximum absolute atomic E-state index is 14.3. The summed E-state index contributed by atoms with van der Waals surface area (Å²) in [6.45, 7) is 4.58. The summed E-state index contributed by atoms with van der Waals surface area (Å²) in [5, 5.41) is 0. The molecule has 0 spiro atoms. The van der Waals surface area contributed by atoms with Crippen LogP contribution < -0.4 is 20.3 Å². The van der Waals surface area contributed by atoms with Crippen molar-refractivity contribution in [2.24, 2.45) is 11.7 Å². The molecule has 2 aliphatic heterocycles. The molecule has 2 aromatic carbocycles. The Balaban J connectivity index is 1.04. The molecule has 196 valence electrons. The Kier molecular flexibility index (Phi) is 6.45. The molecule has 10 heteroatoms. The number of rotatable bonds is 6. The van der Waals surface area contributed by atoms with Gasteiger partial charge in [-0.3, -0.25) is 0 Å². The lowest BCUT2D eigenvalue weighted by Crippen LogP contribution is -2.38. The number of piperidine rings is 1. The van der Waals surface area contributed by atoms with Crippen LogP contribution in [0.4, 0.5) is 20.7 Å². The lowest BCUT2D eigenvalue weighted by Gasteiger charge is -2.33. The van der Waals surface area contributed by atoms with Gasteiger partial charge in [0.1, 0.15) is 11.6 Å². The molecule has 2 N–H and O–H groups in total. The van der Waals surface area contributed by atoms with E-state index in [1.165, 1.54) is 6.07 Å². The molecule has 4 aromatic rings. The van der Waals surface area contributed by atoms with Crippen molar-refractivity contribution in [3.05, 3.63) is 72.1 Å². The lowest BCUT2D eigenvalue weighted by molar-refractivity contribution is 0.131. The van der Waals surface area contributed by atoms with E-state index in [1.54, 1.807) is 18.5 Å². The van der Waals surface area contributed by atoms with Gasteiger partial charge in [-0.15, -0.1) is 0 Å². The van der Waals surface area contributed by atoms with Crippen LogP contribution in [-0.2, 0) is 0 Å². The molecule has 2 saturated heterocycles. The van der Waals surface area contributed by atoms with Crippen molar-refractivity contribution in [2.45, 2.75) is 37.8 Å². The fraction of sp³-hybridized carbons (Fsp3) is 0.393. The third-order valence-corrected chi connectivity index (χ3v) is 7.57. The van der Waals surface area contributed by atoms with E-state index in [0.717, 1.165) is 38.1 Å². The molecular weight excluding hydrogens is 490 g/mol. The predicted molar refractivity (Wildman–Crippen MR) is 138 cm³/mol. The molecule has 0 aliphatic carbocycles. The van der Waals surface area contributed by atoms with Gasteiger partial charge in [-0.2, -0.15) is 4.98 Å². The Labute approximate surface area is 219 Å². The molecule has 2 aliphatic rings. The number of nitrogens with two attached hydrogens (primary N) is 1. The molecule has 8 nitrogen and oxygen atoms in total. The van der Waals surface area contributed by atoms with Gasteiger partial charge in [0.2, 0.25) is 5.95 Å². The van der Waals surface area contributed by atoms with Gasteiger partial charge >= 0.3 is 0 Å². The van der Waals surface area contributed by atoms with Gasteiger partial charge in [0.25, 0.3) is 6.01 Å². The van der Waals surface area contributed by atoms with Crippen LogP contribution in [-0.4, -0.2) is 53.3 Å². The topological polar surface area (TPSA) is 93.5 Å². The first-order chi connectivity index (χ1) is 18.4. The Morgan fingerprint density at radius 1 is 1.11 bits per heavy atom. The van der Waals surface area contributed by atoms with E-state index < -0.39 is 11.6 Å². The predicted octanol–water partition coefficient (Wildman–Crippen LogP) is 4.11. The summed E-state index contributed by atoms with van der Waals surface area (Å²) in [6.07, 6.45) is 5.18. The van der Waals surface area contributed by atoms with Gasteiger partial charge < -0.3 is 24.7 Å². The Morgan fingerprint density at radius 3 is 2.66 bits per heavy atom. The normalized spacial score (nSPS) is 21.1. The number of benzene rings is 1. The highest BCUT2D eigenvalue weighted by Crippen LogP contribution is 2.32. The van der Waals surface area contributed by atoms with Crippen molar-refractivity contribution >= 4 is 23.1 Å². The Morgan fingerprint density at radius 2 is 1.89 bits per heavy atom. The molecule has 2 fully saturated rings. The number of oxazole rings is 1. The summed E-state index contributed by atoms with van der Waals surface area (Å²) in [7, 11) is 0. The first-order valence-corrected chi connectivity index (χ1v) is 12.8. The first kappa shape index (κ1) is 24.4. The molecule has 3 atom stereocenters. The number of halogens is 2. The summed E-state index contributed by atoms with van der Waals surface area (Å²) in [5.74, 6) is 0.167. The average Bonchev–Trinajstić information content (AvgIpc) is 3.54. The van der Waals surface area contributed by atoms with Crippen LogP contribution in [0.3, 0.4) is 0 Å². The summed E-state index contributed by atoms with van der Waals surface area (Å²) in [4.78, 5) is 17.5. The number of ether oxygens (including phenoxy) is 1. The van der Waals surface area contributed by atoms with Crippen molar-refractivity contribution in [2.75, 3.05) is 36.0 Å². The number of aromatic nitrogens is 3. The quantitative estimate of drug-likeness (QED) is 0.408. The van der Waals surface area contributed by atoms with E-state index in [1.807, 2.05) is 11.0 Å². The molecule has 0 radical (unpaired) electrons. The SMILES string of the molecule is C[C@H](Oc1cnc(N2C[C@H](c3cc(F)ccc3F)[C@@H](N)C2)nc1)C1CCN(c2nc3c#cccc3o2)CC1. The van der Waals surface area contributed by atoms with Crippen molar-refractivity contribution < 1.29 is 17.9 Å². The number of fused-ring (bicyclic) bond motifs is 1. The minimum atomic E-state index is -0.479. The van der Waals surface area contributed by atoms with Crippen molar-refractivity contribution in [1.82, 2.24) is 15.0 Å². The highest BCUT2D eigenvalue weighted by Gasteiger charge is 2.34. The number of nitrogens with zero attached hydrogens (tertiary/aromatic N) is 5. The van der Waals surface area contributed by atoms with Gasteiger partial charge in [0.15, 0.2) is 16.8 Å². The molecule has 0 saturated carbocycles. The molecule has 0 bridgehead atoms. The van der Waals surface area contributed by atoms with Gasteiger partial charge in [-0.1, -0.05) is 6.07 Å². The molecule has 38 heavy (non-hydrogen) atoms. The van der Waals surface area contributed by atoms with Gasteiger partial charge in [-0.25, -0.2) is 18.7 Å². The van der Waals surface area contributed by atoms with Gasteiger partial charge in [-0.05, 0) is 67.6 Å². The fourth-order valence-corrected chi connectivity index (χ4v) is 5.41. The zero-order chi connectivity index (χ0) is 26.2. The number of hydrogen-bond acceptors (Lipinski definition) is 8. The summed E-state index contributed by atoms with van der Waals surface area (Å²) in [5.41, 5.74) is 7.97. The monoisotopic (exact) mass is 518 g/mol. The molecular formula is C28H28F2N6O2.